The van der Waals surface area contributed by atoms with E-state index in [0.29, 0.717) is 6.54 Å². The van der Waals surface area contributed by atoms with E-state index in [2.05, 4.69) is 25.0 Å². The molecule has 0 saturated heterocycles. The van der Waals surface area contributed by atoms with Crippen molar-refractivity contribution in [2.45, 2.75) is 39.2 Å². The molecule has 2 N–H and O–H groups in total. The highest BCUT2D eigenvalue weighted by atomic mass is 32.2. The summed E-state index contributed by atoms with van der Waals surface area (Å²) in [4.78, 5) is 25.0. The van der Waals surface area contributed by atoms with Crippen LogP contribution in [0.3, 0.4) is 0 Å². The first-order chi connectivity index (χ1) is 15.5. The van der Waals surface area contributed by atoms with Gasteiger partial charge in [0.2, 0.25) is 5.82 Å². The van der Waals surface area contributed by atoms with Gasteiger partial charge < -0.3 is 10.1 Å². The van der Waals surface area contributed by atoms with E-state index in [1.54, 1.807) is 36.7 Å². The fourth-order valence-corrected chi connectivity index (χ4v) is 3.63. The van der Waals surface area contributed by atoms with Gasteiger partial charge in [0.25, 0.3) is 21.8 Å². The summed E-state index contributed by atoms with van der Waals surface area (Å²) in [5.41, 5.74) is 1.57. The summed E-state index contributed by atoms with van der Waals surface area (Å²) in [5.74, 6) is -0.665. The molecule has 0 atom stereocenters. The number of amides is 1. The number of rotatable bonds is 8. The molecule has 3 rings (SSSR count). The maximum atomic E-state index is 12.8. The Labute approximate surface area is 193 Å². The van der Waals surface area contributed by atoms with Crippen molar-refractivity contribution in [1.82, 2.24) is 20.3 Å². The third kappa shape index (κ3) is 6.98. The Bertz CT molecular complexity index is 1210. The van der Waals surface area contributed by atoms with E-state index in [9.17, 15) is 13.2 Å². The van der Waals surface area contributed by atoms with Gasteiger partial charge in [0, 0.05) is 24.5 Å². The molecule has 0 aliphatic rings. The lowest BCUT2D eigenvalue weighted by atomic mass is 9.97. The number of anilines is 1. The van der Waals surface area contributed by atoms with E-state index >= 15 is 0 Å². The smallest absolute Gasteiger partial charge is 0.271 e. The number of nitrogens with one attached hydrogen (secondary N) is 2. The van der Waals surface area contributed by atoms with Gasteiger partial charge in [-0.3, -0.25) is 14.5 Å². The minimum absolute atomic E-state index is 0.0127. The summed E-state index contributed by atoms with van der Waals surface area (Å²) in [6.07, 6.45) is 4.45. The van der Waals surface area contributed by atoms with Crippen molar-refractivity contribution in [3.05, 3.63) is 71.8 Å². The second-order valence-corrected chi connectivity index (χ2v) is 10.4. The van der Waals surface area contributed by atoms with Crippen molar-refractivity contribution in [3.63, 3.8) is 0 Å². The number of aromatic nitrogens is 3. The quantitative estimate of drug-likeness (QED) is 0.519. The Kier molecular flexibility index (Phi) is 7.27. The maximum Gasteiger partial charge on any atom is 0.271 e. The SMILES string of the molecule is Cc1ccc(S(=O)(=O)Nc2ncc(C(=O)NCC(C)(C)C)nc2OCc2cccnc2)cc1. The molecule has 0 fully saturated rings. The van der Waals surface area contributed by atoms with E-state index in [1.165, 1.54) is 18.3 Å². The molecule has 2 aromatic heterocycles. The summed E-state index contributed by atoms with van der Waals surface area (Å²) in [6.45, 7) is 8.33. The molecule has 174 valence electrons. The van der Waals surface area contributed by atoms with Gasteiger partial charge in [0.1, 0.15) is 6.61 Å². The second-order valence-electron chi connectivity index (χ2n) is 8.72. The fraction of sp³-hybridized carbons (Fsp3) is 0.304. The van der Waals surface area contributed by atoms with Gasteiger partial charge in [-0.15, -0.1) is 0 Å². The molecule has 0 unspecified atom stereocenters. The Hall–Kier alpha value is -3.53. The van der Waals surface area contributed by atoms with Gasteiger partial charge in [-0.2, -0.15) is 0 Å². The largest absolute Gasteiger partial charge is 0.470 e. The van der Waals surface area contributed by atoms with E-state index in [1.807, 2.05) is 27.7 Å². The summed E-state index contributed by atoms with van der Waals surface area (Å²) >= 11 is 0. The Morgan fingerprint density at radius 1 is 1.09 bits per heavy atom. The molecular formula is C23H27N5O4S. The second kappa shape index (κ2) is 9.95. The highest BCUT2D eigenvalue weighted by Gasteiger charge is 2.21. The third-order valence-electron chi connectivity index (χ3n) is 4.41. The van der Waals surface area contributed by atoms with E-state index < -0.39 is 15.9 Å². The zero-order valence-corrected chi connectivity index (χ0v) is 19.8. The topological polar surface area (TPSA) is 123 Å². The Balaban J connectivity index is 1.88. The lowest BCUT2D eigenvalue weighted by Gasteiger charge is -2.18. The normalized spacial score (nSPS) is 11.6. The molecule has 2 heterocycles. The summed E-state index contributed by atoms with van der Waals surface area (Å²) in [6, 6.07) is 9.94. The standard InChI is InChI=1S/C23H27N5O4S/c1-16-7-9-18(10-8-16)33(30,31)28-20-22(32-14-17-6-5-11-24-12-17)27-19(13-25-20)21(29)26-15-23(2,3)4/h5-13H,14-15H2,1-4H3,(H,25,28)(H,26,29). The molecule has 0 saturated carbocycles. The minimum Gasteiger partial charge on any atom is -0.470 e. The first kappa shape index (κ1) is 24.1. The molecule has 9 nitrogen and oxygen atoms in total. The van der Waals surface area contributed by atoms with Gasteiger partial charge in [-0.1, -0.05) is 44.5 Å². The van der Waals surface area contributed by atoms with Gasteiger partial charge in [0.15, 0.2) is 5.69 Å². The third-order valence-corrected chi connectivity index (χ3v) is 5.77. The number of pyridine rings is 1. The average molecular weight is 470 g/mol. The maximum absolute atomic E-state index is 12.8. The zero-order valence-electron chi connectivity index (χ0n) is 19.0. The molecule has 0 spiro atoms. The molecule has 1 aromatic carbocycles. The van der Waals surface area contributed by atoms with Crippen LogP contribution in [-0.4, -0.2) is 35.8 Å². The molecular weight excluding hydrogens is 442 g/mol. The van der Waals surface area contributed by atoms with Crippen molar-refractivity contribution < 1.29 is 17.9 Å². The molecule has 0 bridgehead atoms. The van der Waals surface area contributed by atoms with E-state index in [0.717, 1.165) is 11.1 Å². The van der Waals surface area contributed by atoms with Crippen LogP contribution in [0.1, 0.15) is 42.4 Å². The van der Waals surface area contributed by atoms with Crippen LogP contribution in [0.15, 0.2) is 59.9 Å². The van der Waals surface area contributed by atoms with Gasteiger partial charge in [0.05, 0.1) is 11.1 Å². The van der Waals surface area contributed by atoms with Crippen LogP contribution in [0.25, 0.3) is 0 Å². The first-order valence-electron chi connectivity index (χ1n) is 10.3. The average Bonchev–Trinajstić information content (AvgIpc) is 2.77. The Morgan fingerprint density at radius 3 is 2.45 bits per heavy atom. The molecule has 1 amide bonds. The highest BCUT2D eigenvalue weighted by molar-refractivity contribution is 7.92. The highest BCUT2D eigenvalue weighted by Crippen LogP contribution is 2.24. The number of nitrogens with zero attached hydrogens (tertiary/aromatic N) is 3. The van der Waals surface area contributed by atoms with Crippen molar-refractivity contribution in [1.29, 1.82) is 0 Å². The van der Waals surface area contributed by atoms with Crippen LogP contribution in [0, 0.1) is 12.3 Å². The van der Waals surface area contributed by atoms with Crippen molar-refractivity contribution in [2.75, 3.05) is 11.3 Å². The monoisotopic (exact) mass is 469 g/mol. The molecule has 3 aromatic rings. The molecule has 0 aliphatic heterocycles. The van der Waals surface area contributed by atoms with Gasteiger partial charge >= 0.3 is 0 Å². The number of hydrogen-bond acceptors (Lipinski definition) is 7. The van der Waals surface area contributed by atoms with Crippen molar-refractivity contribution in [2.24, 2.45) is 5.41 Å². The first-order valence-corrected chi connectivity index (χ1v) is 11.8. The van der Waals surface area contributed by atoms with Crippen LogP contribution >= 0.6 is 0 Å². The van der Waals surface area contributed by atoms with E-state index in [-0.39, 0.29) is 34.3 Å². The van der Waals surface area contributed by atoms with Crippen LogP contribution in [-0.2, 0) is 16.6 Å². The molecule has 33 heavy (non-hydrogen) atoms. The molecule has 0 aliphatic carbocycles. The van der Waals surface area contributed by atoms with Crippen LogP contribution in [0.5, 0.6) is 5.88 Å². The van der Waals surface area contributed by atoms with Crippen molar-refractivity contribution >= 4 is 21.7 Å². The van der Waals surface area contributed by atoms with Crippen LogP contribution in [0.4, 0.5) is 5.82 Å². The van der Waals surface area contributed by atoms with Crippen molar-refractivity contribution in [3.8, 4) is 5.88 Å². The number of benzene rings is 1. The minimum atomic E-state index is -3.94. The lowest BCUT2D eigenvalue weighted by Crippen LogP contribution is -2.33. The van der Waals surface area contributed by atoms with E-state index in [4.69, 9.17) is 4.74 Å². The number of ether oxygens (including phenoxy) is 1. The zero-order chi connectivity index (χ0) is 24.1. The summed E-state index contributed by atoms with van der Waals surface area (Å²) in [5, 5.41) is 2.79. The summed E-state index contributed by atoms with van der Waals surface area (Å²) in [7, 11) is -3.94. The number of carbonyl (C=O) groups is 1. The number of aryl methyl sites for hydroxylation is 1. The molecule has 0 radical (unpaired) electrons. The van der Waals surface area contributed by atoms with Gasteiger partial charge in [-0.25, -0.2) is 18.4 Å². The molecule has 10 heteroatoms. The lowest BCUT2D eigenvalue weighted by molar-refractivity contribution is 0.0932. The summed E-state index contributed by atoms with van der Waals surface area (Å²) < 4.78 is 33.8. The van der Waals surface area contributed by atoms with Crippen LogP contribution < -0.4 is 14.8 Å². The fourth-order valence-electron chi connectivity index (χ4n) is 2.63. The predicted octanol–water partition coefficient (Wildman–Crippen LogP) is 3.34. The van der Waals surface area contributed by atoms with Gasteiger partial charge in [-0.05, 0) is 30.5 Å². The Morgan fingerprint density at radius 2 is 1.82 bits per heavy atom. The van der Waals surface area contributed by atoms with Crippen LogP contribution in [0.2, 0.25) is 0 Å². The predicted molar refractivity (Wildman–Crippen MR) is 124 cm³/mol. The number of carbonyl (C=O) groups excluding carboxylic acids is 1. The number of hydrogen-bond donors (Lipinski definition) is 2. The number of sulfonamides is 1.